The number of nitrogens with one attached hydrogen (secondary N) is 1. The molecule has 0 saturated carbocycles. The molecule has 9 nitrogen and oxygen atoms in total. The lowest BCUT2D eigenvalue weighted by atomic mass is 10.1. The van der Waals surface area contributed by atoms with Crippen LogP contribution in [-0.4, -0.2) is 52.3 Å². The Labute approximate surface area is 163 Å². The molecule has 1 aromatic carbocycles. The summed E-state index contributed by atoms with van der Waals surface area (Å²) in [6.45, 7) is 0. The Morgan fingerprint density at radius 1 is 1.04 bits per heavy atom. The third-order valence-corrected chi connectivity index (χ3v) is 5.63. The van der Waals surface area contributed by atoms with Crippen molar-refractivity contribution in [3.8, 4) is 0 Å². The zero-order valence-corrected chi connectivity index (χ0v) is 17.1. The number of hydrogen-bond donors (Lipinski definition) is 1. The Morgan fingerprint density at radius 3 is 2.14 bits per heavy atom. The fourth-order valence-electron chi connectivity index (χ4n) is 2.16. The van der Waals surface area contributed by atoms with E-state index in [-0.39, 0.29) is 12.6 Å². The summed E-state index contributed by atoms with van der Waals surface area (Å²) >= 11 is 0. The molecule has 0 unspecified atom stereocenters. The molecular weight excluding hydrogens is 389 g/mol. The highest BCUT2D eigenvalue weighted by atomic mass is 31.2. The van der Waals surface area contributed by atoms with Gasteiger partial charge in [0.05, 0.1) is 20.4 Å². The summed E-state index contributed by atoms with van der Waals surface area (Å²) in [6.07, 6.45) is 2.67. The monoisotopic (exact) mass is 413 g/mol. The Kier molecular flexibility index (Phi) is 9.58. The number of hydrogen-bond acceptors (Lipinski definition) is 8. The van der Waals surface area contributed by atoms with E-state index >= 15 is 0 Å². The Bertz CT molecular complexity index is 751. The molecule has 0 radical (unpaired) electrons. The van der Waals surface area contributed by atoms with Gasteiger partial charge in [0.2, 0.25) is 0 Å². The van der Waals surface area contributed by atoms with Gasteiger partial charge in [-0.3, -0.25) is 9.36 Å². The van der Waals surface area contributed by atoms with E-state index < -0.39 is 31.5 Å². The van der Waals surface area contributed by atoms with Crippen LogP contribution in [-0.2, 0) is 38.8 Å². The van der Waals surface area contributed by atoms with Gasteiger partial charge in [0, 0.05) is 25.9 Å². The smallest absolute Gasteiger partial charge is 0.334 e. The van der Waals surface area contributed by atoms with Gasteiger partial charge in [0.1, 0.15) is 6.04 Å². The summed E-state index contributed by atoms with van der Waals surface area (Å²) in [7, 11) is 1.82. The Balaban J connectivity index is 2.82. The molecule has 0 spiro atoms. The first-order chi connectivity index (χ1) is 13.3. The van der Waals surface area contributed by atoms with E-state index in [0.29, 0.717) is 11.1 Å². The molecule has 0 aliphatic heterocycles. The molecule has 1 atom stereocenters. The number of carbonyl (C=O) groups excluding carboxylic acids is 3. The first-order valence-electron chi connectivity index (χ1n) is 8.21. The van der Waals surface area contributed by atoms with E-state index in [1.807, 2.05) is 0 Å². The molecule has 0 fully saturated rings. The summed E-state index contributed by atoms with van der Waals surface area (Å²) in [6, 6.07) is 5.31. The fourth-order valence-corrected chi connectivity index (χ4v) is 3.22. The summed E-state index contributed by atoms with van der Waals surface area (Å²) < 4.78 is 31.1. The fraction of sp³-hybridized carbons (Fsp3) is 0.389. The Morgan fingerprint density at radius 2 is 1.64 bits per heavy atom. The summed E-state index contributed by atoms with van der Waals surface area (Å²) in [5.41, 5.74) is 0.952. The van der Waals surface area contributed by atoms with E-state index in [1.54, 1.807) is 12.1 Å². The van der Waals surface area contributed by atoms with Gasteiger partial charge in [-0.25, -0.2) is 9.59 Å². The quantitative estimate of drug-likeness (QED) is 0.352. The molecule has 1 rings (SSSR count). The largest absolute Gasteiger partial charge is 0.467 e. The van der Waals surface area contributed by atoms with Crippen molar-refractivity contribution >= 4 is 25.4 Å². The third kappa shape index (κ3) is 7.26. The zero-order chi connectivity index (χ0) is 21.2. The van der Waals surface area contributed by atoms with Crippen LogP contribution in [0.5, 0.6) is 0 Å². The third-order valence-electron chi connectivity index (χ3n) is 3.77. The molecule has 0 aromatic heterocycles. The minimum absolute atomic E-state index is 0.0520. The van der Waals surface area contributed by atoms with Crippen molar-refractivity contribution in [1.82, 2.24) is 5.32 Å². The molecular formula is C18H24NO8P. The molecule has 1 aromatic rings. The maximum atomic E-state index is 12.4. The van der Waals surface area contributed by atoms with Gasteiger partial charge in [-0.1, -0.05) is 18.2 Å². The van der Waals surface area contributed by atoms with E-state index in [9.17, 15) is 18.9 Å². The van der Waals surface area contributed by atoms with Crippen LogP contribution in [0, 0.1) is 0 Å². The lowest BCUT2D eigenvalue weighted by Gasteiger charge is -2.16. The second-order valence-corrected chi connectivity index (χ2v) is 7.81. The SMILES string of the molecule is COC(=O)/C=C/C[C@@H](NC(=O)c1ccc(CP(=O)(OC)OC)cc1)C(=O)OC. The number of methoxy groups -OCH3 is 2. The van der Waals surface area contributed by atoms with Crippen LogP contribution in [0.25, 0.3) is 0 Å². The molecule has 1 N–H and O–H groups in total. The standard InChI is InChI=1S/C18H24NO8P/c1-24-16(20)7-5-6-15(18(22)25-2)19-17(21)14-10-8-13(9-11-14)12-28(23,26-3)27-4/h5,7-11,15H,6,12H2,1-4H3,(H,19,21)/b7-5+/t15-/m1/s1. The lowest BCUT2D eigenvalue weighted by molar-refractivity contribution is -0.143. The molecule has 10 heteroatoms. The maximum absolute atomic E-state index is 12.4. The minimum Gasteiger partial charge on any atom is -0.467 e. The first-order valence-corrected chi connectivity index (χ1v) is 9.94. The average molecular weight is 413 g/mol. The van der Waals surface area contributed by atoms with Crippen molar-refractivity contribution in [2.75, 3.05) is 28.4 Å². The second-order valence-electron chi connectivity index (χ2n) is 5.54. The summed E-state index contributed by atoms with van der Waals surface area (Å²) in [5, 5.41) is 2.54. The van der Waals surface area contributed by atoms with Crippen LogP contribution in [0.4, 0.5) is 0 Å². The van der Waals surface area contributed by atoms with Gasteiger partial charge in [0.15, 0.2) is 0 Å². The van der Waals surface area contributed by atoms with Gasteiger partial charge < -0.3 is 23.8 Å². The van der Waals surface area contributed by atoms with Crippen molar-refractivity contribution in [3.63, 3.8) is 0 Å². The van der Waals surface area contributed by atoms with Gasteiger partial charge >= 0.3 is 19.5 Å². The minimum atomic E-state index is -3.21. The van der Waals surface area contributed by atoms with Crippen LogP contribution < -0.4 is 5.32 Å². The summed E-state index contributed by atoms with van der Waals surface area (Å²) in [4.78, 5) is 35.4. The van der Waals surface area contributed by atoms with Crippen molar-refractivity contribution in [2.24, 2.45) is 0 Å². The highest BCUT2D eigenvalue weighted by molar-refractivity contribution is 7.52. The van der Waals surface area contributed by atoms with Gasteiger partial charge in [0.25, 0.3) is 5.91 Å². The molecule has 0 heterocycles. The maximum Gasteiger partial charge on any atom is 0.334 e. The molecule has 0 aliphatic carbocycles. The number of carbonyl (C=O) groups is 3. The van der Waals surface area contributed by atoms with Crippen molar-refractivity contribution in [2.45, 2.75) is 18.6 Å². The normalized spacial score (nSPS) is 12.4. The lowest BCUT2D eigenvalue weighted by Crippen LogP contribution is -2.41. The highest BCUT2D eigenvalue weighted by Crippen LogP contribution is 2.49. The van der Waals surface area contributed by atoms with Crippen LogP contribution in [0.3, 0.4) is 0 Å². The van der Waals surface area contributed by atoms with Crippen molar-refractivity contribution in [3.05, 3.63) is 47.5 Å². The van der Waals surface area contributed by atoms with Gasteiger partial charge in [-0.05, 0) is 24.1 Å². The van der Waals surface area contributed by atoms with E-state index in [4.69, 9.17) is 9.05 Å². The first kappa shape index (κ1) is 23.6. The van der Waals surface area contributed by atoms with Crippen molar-refractivity contribution in [1.29, 1.82) is 0 Å². The number of ether oxygens (including phenoxy) is 2. The van der Waals surface area contributed by atoms with E-state index in [2.05, 4.69) is 14.8 Å². The molecule has 1 amide bonds. The van der Waals surface area contributed by atoms with Crippen LogP contribution in [0.2, 0.25) is 0 Å². The van der Waals surface area contributed by atoms with Crippen LogP contribution >= 0.6 is 7.60 Å². The van der Waals surface area contributed by atoms with Crippen molar-refractivity contribution < 1.29 is 37.5 Å². The number of benzene rings is 1. The summed E-state index contributed by atoms with van der Waals surface area (Å²) in [5.74, 6) is -1.73. The molecule has 0 aliphatic rings. The van der Waals surface area contributed by atoms with E-state index in [1.165, 1.54) is 46.6 Å². The number of rotatable bonds is 10. The molecule has 0 bridgehead atoms. The Hall–Kier alpha value is -2.48. The second kappa shape index (κ2) is 11.4. The highest BCUT2D eigenvalue weighted by Gasteiger charge is 2.23. The van der Waals surface area contributed by atoms with Crippen LogP contribution in [0.1, 0.15) is 22.3 Å². The molecule has 154 valence electrons. The topological polar surface area (TPSA) is 117 Å². The zero-order valence-electron chi connectivity index (χ0n) is 16.2. The van der Waals surface area contributed by atoms with Gasteiger partial charge in [-0.15, -0.1) is 0 Å². The molecule has 0 saturated heterocycles. The number of esters is 2. The van der Waals surface area contributed by atoms with E-state index in [0.717, 1.165) is 6.08 Å². The average Bonchev–Trinajstić information content (AvgIpc) is 2.72. The molecule has 28 heavy (non-hydrogen) atoms. The predicted molar refractivity (Wildman–Crippen MR) is 101 cm³/mol. The number of amides is 1. The van der Waals surface area contributed by atoms with Gasteiger partial charge in [-0.2, -0.15) is 0 Å². The van der Waals surface area contributed by atoms with Crippen LogP contribution in [0.15, 0.2) is 36.4 Å². The predicted octanol–water partition coefficient (Wildman–Crippen LogP) is 2.06.